The van der Waals surface area contributed by atoms with Crippen molar-refractivity contribution in [1.29, 1.82) is 0 Å². The Morgan fingerprint density at radius 3 is 2.63 bits per heavy atom. The van der Waals surface area contributed by atoms with E-state index in [1.807, 2.05) is 48.5 Å². The zero-order valence-corrected chi connectivity index (χ0v) is 10.6. The first kappa shape index (κ1) is 13.1. The van der Waals surface area contributed by atoms with Crippen LogP contribution in [0.5, 0.6) is 5.75 Å². The van der Waals surface area contributed by atoms with Crippen molar-refractivity contribution in [3.63, 3.8) is 0 Å². The zero-order valence-electron chi connectivity index (χ0n) is 10.6. The highest BCUT2D eigenvalue weighted by molar-refractivity contribution is 5.91. The number of rotatable bonds is 5. The molecule has 1 N–H and O–H groups in total. The number of benzene rings is 2. The first-order chi connectivity index (χ1) is 9.28. The van der Waals surface area contributed by atoms with E-state index in [0.717, 1.165) is 17.0 Å². The highest BCUT2D eigenvalue weighted by Gasteiger charge is 2.01. The highest BCUT2D eigenvalue weighted by Crippen LogP contribution is 2.18. The molecule has 19 heavy (non-hydrogen) atoms. The average Bonchev–Trinajstić information content (AvgIpc) is 2.46. The molecule has 2 aromatic carbocycles. The van der Waals surface area contributed by atoms with Gasteiger partial charge in [0.05, 0.1) is 0 Å². The van der Waals surface area contributed by atoms with Crippen LogP contribution >= 0.6 is 0 Å². The van der Waals surface area contributed by atoms with Crippen molar-refractivity contribution in [2.75, 3.05) is 5.32 Å². The molecule has 0 fully saturated rings. The lowest BCUT2D eigenvalue weighted by Gasteiger charge is -2.08. The van der Waals surface area contributed by atoms with E-state index in [-0.39, 0.29) is 12.3 Å². The van der Waals surface area contributed by atoms with Gasteiger partial charge in [-0.1, -0.05) is 36.4 Å². The standard InChI is InChI=1S/C16H16NO2/c1-2-16(18)17-14-9-6-10-15(11-14)19-12-13-7-4-3-5-8-13/h3-11H,1-2,12H2,(H,17,18). The molecule has 0 atom stereocenters. The molecule has 0 aliphatic carbocycles. The van der Waals surface area contributed by atoms with E-state index < -0.39 is 0 Å². The summed E-state index contributed by atoms with van der Waals surface area (Å²) in [5, 5.41) is 2.75. The molecule has 2 rings (SSSR count). The molecule has 97 valence electrons. The lowest BCUT2D eigenvalue weighted by Crippen LogP contribution is -2.09. The minimum absolute atomic E-state index is 0.111. The van der Waals surface area contributed by atoms with Crippen molar-refractivity contribution < 1.29 is 9.53 Å². The number of nitrogens with one attached hydrogen (secondary N) is 1. The Labute approximate surface area is 113 Å². The number of hydrogen-bond donors (Lipinski definition) is 1. The maximum Gasteiger partial charge on any atom is 0.224 e. The molecule has 0 spiro atoms. The third kappa shape index (κ3) is 4.14. The molecule has 0 aliphatic rings. The number of carbonyl (C=O) groups excluding carboxylic acids is 1. The van der Waals surface area contributed by atoms with E-state index in [2.05, 4.69) is 12.2 Å². The maximum atomic E-state index is 11.3. The lowest BCUT2D eigenvalue weighted by molar-refractivity contribution is -0.115. The van der Waals surface area contributed by atoms with Gasteiger partial charge in [-0.05, 0) is 24.6 Å². The van der Waals surface area contributed by atoms with Gasteiger partial charge >= 0.3 is 0 Å². The second kappa shape index (κ2) is 6.59. The van der Waals surface area contributed by atoms with Crippen LogP contribution in [0.4, 0.5) is 5.69 Å². The largest absolute Gasteiger partial charge is 0.489 e. The summed E-state index contributed by atoms with van der Waals surface area (Å²) >= 11 is 0. The SMILES string of the molecule is [CH2]CC(=O)Nc1cccc(OCc2ccccc2)c1. The lowest BCUT2D eigenvalue weighted by atomic mass is 10.2. The normalized spacial score (nSPS) is 9.95. The van der Waals surface area contributed by atoms with E-state index in [9.17, 15) is 4.79 Å². The summed E-state index contributed by atoms with van der Waals surface area (Å²) in [5.41, 5.74) is 1.83. The minimum atomic E-state index is -0.111. The van der Waals surface area contributed by atoms with Gasteiger partial charge in [-0.15, -0.1) is 0 Å². The predicted molar refractivity (Wildman–Crippen MR) is 75.8 cm³/mol. The molecule has 3 nitrogen and oxygen atoms in total. The van der Waals surface area contributed by atoms with Crippen LogP contribution in [-0.4, -0.2) is 5.91 Å². The average molecular weight is 254 g/mol. The van der Waals surface area contributed by atoms with Crippen molar-refractivity contribution in [3.05, 3.63) is 67.1 Å². The molecule has 0 aliphatic heterocycles. The Morgan fingerprint density at radius 1 is 1.11 bits per heavy atom. The summed E-state index contributed by atoms with van der Waals surface area (Å²) in [6, 6.07) is 17.3. The Kier molecular flexibility index (Phi) is 4.56. The number of anilines is 1. The Bertz CT molecular complexity index is 537. The smallest absolute Gasteiger partial charge is 0.224 e. The van der Waals surface area contributed by atoms with Crippen LogP contribution in [0.25, 0.3) is 0 Å². The fraction of sp³-hybridized carbons (Fsp3) is 0.125. The number of amides is 1. The zero-order chi connectivity index (χ0) is 13.5. The summed E-state index contributed by atoms with van der Waals surface area (Å²) in [6.45, 7) is 4.04. The van der Waals surface area contributed by atoms with Gasteiger partial charge < -0.3 is 10.1 Å². The summed E-state index contributed by atoms with van der Waals surface area (Å²) in [7, 11) is 0. The fourth-order valence-corrected chi connectivity index (χ4v) is 1.63. The van der Waals surface area contributed by atoms with Gasteiger partial charge in [-0.2, -0.15) is 0 Å². The van der Waals surface area contributed by atoms with Gasteiger partial charge in [0.1, 0.15) is 12.4 Å². The van der Waals surface area contributed by atoms with Gasteiger partial charge in [-0.3, -0.25) is 4.79 Å². The van der Waals surface area contributed by atoms with Crippen LogP contribution < -0.4 is 10.1 Å². The summed E-state index contributed by atoms with van der Waals surface area (Å²) in [6.07, 6.45) is 0.217. The molecule has 0 saturated heterocycles. The van der Waals surface area contributed by atoms with Gasteiger partial charge in [-0.25, -0.2) is 0 Å². The van der Waals surface area contributed by atoms with Gasteiger partial charge in [0.2, 0.25) is 5.91 Å². The summed E-state index contributed by atoms with van der Waals surface area (Å²) in [4.78, 5) is 11.3. The van der Waals surface area contributed by atoms with Crippen LogP contribution in [-0.2, 0) is 11.4 Å². The molecule has 0 aromatic heterocycles. The van der Waals surface area contributed by atoms with E-state index >= 15 is 0 Å². The van der Waals surface area contributed by atoms with Gasteiger partial charge in [0.25, 0.3) is 0 Å². The van der Waals surface area contributed by atoms with Crippen LogP contribution in [0, 0.1) is 6.92 Å². The Morgan fingerprint density at radius 2 is 1.89 bits per heavy atom. The second-order valence-corrected chi connectivity index (χ2v) is 4.10. The van der Waals surface area contributed by atoms with Gasteiger partial charge in [0, 0.05) is 18.2 Å². The number of hydrogen-bond acceptors (Lipinski definition) is 2. The van der Waals surface area contributed by atoms with E-state index in [0.29, 0.717) is 6.61 Å². The first-order valence-electron chi connectivity index (χ1n) is 6.14. The highest BCUT2D eigenvalue weighted by atomic mass is 16.5. The van der Waals surface area contributed by atoms with Crippen molar-refractivity contribution >= 4 is 11.6 Å². The van der Waals surface area contributed by atoms with Crippen LogP contribution in [0.15, 0.2) is 54.6 Å². The molecule has 1 radical (unpaired) electrons. The molecular weight excluding hydrogens is 238 g/mol. The summed E-state index contributed by atoms with van der Waals surface area (Å²) in [5.74, 6) is 0.617. The molecule has 2 aromatic rings. The Balaban J connectivity index is 1.97. The number of carbonyl (C=O) groups is 1. The quantitative estimate of drug-likeness (QED) is 0.887. The van der Waals surface area contributed by atoms with E-state index in [1.165, 1.54) is 0 Å². The minimum Gasteiger partial charge on any atom is -0.489 e. The van der Waals surface area contributed by atoms with E-state index in [1.54, 1.807) is 6.07 Å². The fourth-order valence-electron chi connectivity index (χ4n) is 1.63. The molecule has 3 heteroatoms. The van der Waals surface area contributed by atoms with Crippen LogP contribution in [0.1, 0.15) is 12.0 Å². The molecule has 0 unspecified atom stereocenters. The molecule has 0 heterocycles. The number of ether oxygens (including phenoxy) is 1. The van der Waals surface area contributed by atoms with Crippen molar-refractivity contribution in [2.45, 2.75) is 13.0 Å². The first-order valence-corrected chi connectivity index (χ1v) is 6.14. The second-order valence-electron chi connectivity index (χ2n) is 4.10. The maximum absolute atomic E-state index is 11.3. The third-order valence-corrected chi connectivity index (χ3v) is 2.59. The molecular formula is C16H16NO2. The topological polar surface area (TPSA) is 38.3 Å². The summed E-state index contributed by atoms with van der Waals surface area (Å²) < 4.78 is 5.68. The van der Waals surface area contributed by atoms with Crippen molar-refractivity contribution in [3.8, 4) is 5.75 Å². The van der Waals surface area contributed by atoms with Gasteiger partial charge in [0.15, 0.2) is 0 Å². The monoisotopic (exact) mass is 254 g/mol. The van der Waals surface area contributed by atoms with E-state index in [4.69, 9.17) is 4.74 Å². The van der Waals surface area contributed by atoms with Crippen molar-refractivity contribution in [1.82, 2.24) is 0 Å². The van der Waals surface area contributed by atoms with Crippen molar-refractivity contribution in [2.24, 2.45) is 0 Å². The van der Waals surface area contributed by atoms with Crippen LogP contribution in [0.2, 0.25) is 0 Å². The predicted octanol–water partition coefficient (Wildman–Crippen LogP) is 3.43. The Hall–Kier alpha value is -2.29. The third-order valence-electron chi connectivity index (χ3n) is 2.59. The molecule has 0 saturated carbocycles. The van der Waals surface area contributed by atoms with Crippen LogP contribution in [0.3, 0.4) is 0 Å². The molecule has 1 amide bonds. The molecule has 0 bridgehead atoms.